The Hall–Kier alpha value is -0.960. The summed E-state index contributed by atoms with van der Waals surface area (Å²) < 4.78 is 0. The van der Waals surface area contributed by atoms with E-state index in [2.05, 4.69) is 0 Å². The normalized spacial score (nSPS) is 23.2. The number of Topliss-reactive ketones (excluding diaryl/α,β-unsaturated/α-hetero) is 2. The number of rotatable bonds is 2. The molecule has 1 unspecified atom stereocenters. The molecule has 1 atom stereocenters. The summed E-state index contributed by atoms with van der Waals surface area (Å²) in [5.74, 6) is -0.123. The molecule has 3 nitrogen and oxygen atoms in total. The maximum atomic E-state index is 11.3. The number of hydrogen-bond acceptors (Lipinski definition) is 3. The summed E-state index contributed by atoms with van der Waals surface area (Å²) in [6, 6.07) is 0.233. The molecule has 0 aromatic heterocycles. The van der Waals surface area contributed by atoms with Gasteiger partial charge in [0.15, 0.2) is 11.6 Å². The highest BCUT2D eigenvalue weighted by Crippen LogP contribution is 2.18. The van der Waals surface area contributed by atoms with Gasteiger partial charge in [-0.05, 0) is 27.4 Å². The molecule has 0 heterocycles. The van der Waals surface area contributed by atoms with Crippen molar-refractivity contribution < 1.29 is 9.59 Å². The zero-order valence-electron chi connectivity index (χ0n) is 8.33. The largest absolute Gasteiger partial charge is 0.303 e. The highest BCUT2D eigenvalue weighted by molar-refractivity contribution is 6.19. The van der Waals surface area contributed by atoms with Crippen molar-refractivity contribution in [2.45, 2.75) is 25.8 Å². The topological polar surface area (TPSA) is 37.4 Å². The van der Waals surface area contributed by atoms with Crippen LogP contribution < -0.4 is 0 Å². The van der Waals surface area contributed by atoms with Crippen LogP contribution in [0.5, 0.6) is 0 Å². The highest BCUT2D eigenvalue weighted by Gasteiger charge is 2.23. The number of carbonyl (C=O) groups is 2. The number of ketones is 2. The van der Waals surface area contributed by atoms with Gasteiger partial charge in [-0.15, -0.1) is 0 Å². The molecule has 13 heavy (non-hydrogen) atoms. The number of allylic oxidation sites excluding steroid dienone is 1. The van der Waals surface area contributed by atoms with Crippen LogP contribution >= 0.6 is 0 Å². The van der Waals surface area contributed by atoms with Crippen molar-refractivity contribution in [1.82, 2.24) is 4.90 Å². The van der Waals surface area contributed by atoms with E-state index in [1.807, 2.05) is 19.0 Å². The number of hydrogen-bond donors (Lipinski definition) is 0. The Morgan fingerprint density at radius 2 is 2.15 bits per heavy atom. The van der Waals surface area contributed by atoms with Crippen molar-refractivity contribution in [3.05, 3.63) is 11.6 Å². The Morgan fingerprint density at radius 1 is 1.54 bits per heavy atom. The minimum atomic E-state index is -0.114. The third-order valence-corrected chi connectivity index (χ3v) is 2.37. The molecule has 1 aliphatic rings. The van der Waals surface area contributed by atoms with E-state index in [4.69, 9.17) is 0 Å². The zero-order valence-corrected chi connectivity index (χ0v) is 8.33. The predicted octanol–water partition coefficient (Wildman–Crippen LogP) is 0.795. The average Bonchev–Trinajstić information content (AvgIpc) is 2.04. The van der Waals surface area contributed by atoms with Crippen LogP contribution in [0.3, 0.4) is 0 Å². The smallest absolute Gasteiger partial charge is 0.166 e. The zero-order chi connectivity index (χ0) is 10.0. The van der Waals surface area contributed by atoms with Gasteiger partial charge in [0.2, 0.25) is 0 Å². The molecular formula is C10H15NO2. The highest BCUT2D eigenvalue weighted by atomic mass is 16.1. The molecule has 0 saturated carbocycles. The Balaban J connectivity index is 2.88. The summed E-state index contributed by atoms with van der Waals surface area (Å²) in [5.41, 5.74) is 0.380. The first-order chi connectivity index (χ1) is 6.02. The second kappa shape index (κ2) is 3.83. The Bertz CT molecular complexity index is 266. The van der Waals surface area contributed by atoms with E-state index in [1.54, 1.807) is 6.08 Å². The van der Waals surface area contributed by atoms with E-state index in [-0.39, 0.29) is 17.6 Å². The Labute approximate surface area is 78.4 Å². The second-order valence-corrected chi connectivity index (χ2v) is 3.63. The van der Waals surface area contributed by atoms with E-state index < -0.39 is 0 Å². The summed E-state index contributed by atoms with van der Waals surface area (Å²) in [4.78, 5) is 24.4. The van der Waals surface area contributed by atoms with Gasteiger partial charge in [-0.25, -0.2) is 0 Å². The van der Waals surface area contributed by atoms with Gasteiger partial charge in [0.25, 0.3) is 0 Å². The molecule has 0 amide bonds. The van der Waals surface area contributed by atoms with E-state index in [1.165, 1.54) is 6.92 Å². The van der Waals surface area contributed by atoms with Crippen molar-refractivity contribution in [1.29, 1.82) is 0 Å². The van der Waals surface area contributed by atoms with Gasteiger partial charge in [0, 0.05) is 12.5 Å². The first-order valence-corrected chi connectivity index (χ1v) is 4.44. The maximum absolute atomic E-state index is 11.3. The van der Waals surface area contributed by atoms with E-state index >= 15 is 0 Å². The molecule has 0 aromatic rings. The molecule has 0 N–H and O–H groups in total. The van der Waals surface area contributed by atoms with Crippen LogP contribution in [0.4, 0.5) is 0 Å². The minimum absolute atomic E-state index is 0.00870. The summed E-state index contributed by atoms with van der Waals surface area (Å²) in [5, 5.41) is 0. The molecule has 0 fully saturated rings. The summed E-state index contributed by atoms with van der Waals surface area (Å²) in [6.07, 6.45) is 3.10. The van der Waals surface area contributed by atoms with Crippen molar-refractivity contribution >= 4 is 11.6 Å². The van der Waals surface area contributed by atoms with E-state index in [0.717, 1.165) is 6.42 Å². The van der Waals surface area contributed by atoms with E-state index in [0.29, 0.717) is 12.0 Å². The molecule has 1 aliphatic carbocycles. The lowest BCUT2D eigenvalue weighted by Crippen LogP contribution is -2.31. The van der Waals surface area contributed by atoms with Crippen LogP contribution in [0.2, 0.25) is 0 Å². The molecule has 0 aliphatic heterocycles. The lowest BCUT2D eigenvalue weighted by Gasteiger charge is -2.25. The van der Waals surface area contributed by atoms with Gasteiger partial charge in [-0.3, -0.25) is 9.59 Å². The van der Waals surface area contributed by atoms with Crippen LogP contribution in [0.25, 0.3) is 0 Å². The molecule has 72 valence electrons. The van der Waals surface area contributed by atoms with Crippen LogP contribution in [-0.4, -0.2) is 36.6 Å². The predicted molar refractivity (Wildman–Crippen MR) is 50.5 cm³/mol. The van der Waals surface area contributed by atoms with Crippen LogP contribution in [0, 0.1) is 0 Å². The number of likely N-dealkylation sites (N-methyl/N-ethyl adjacent to an activating group) is 1. The fourth-order valence-electron chi connectivity index (χ4n) is 1.50. The van der Waals surface area contributed by atoms with Crippen molar-refractivity contribution in [3.63, 3.8) is 0 Å². The van der Waals surface area contributed by atoms with Crippen LogP contribution in [-0.2, 0) is 9.59 Å². The standard InChI is InChI=1S/C10H15NO2/c1-7(12)9-6-8(11(2)3)4-5-10(9)13/h6,8H,4-5H2,1-3H3. The first kappa shape index (κ1) is 10.1. The van der Waals surface area contributed by atoms with Gasteiger partial charge < -0.3 is 4.90 Å². The van der Waals surface area contributed by atoms with E-state index in [9.17, 15) is 9.59 Å². The summed E-state index contributed by atoms with van der Waals surface area (Å²) >= 11 is 0. The lowest BCUT2D eigenvalue weighted by molar-refractivity contribution is -0.121. The maximum Gasteiger partial charge on any atom is 0.166 e. The van der Waals surface area contributed by atoms with Gasteiger partial charge in [0.05, 0.1) is 5.57 Å². The van der Waals surface area contributed by atoms with Crippen molar-refractivity contribution in [2.75, 3.05) is 14.1 Å². The third kappa shape index (κ3) is 2.25. The molecule has 0 spiro atoms. The average molecular weight is 181 g/mol. The van der Waals surface area contributed by atoms with Gasteiger partial charge in [-0.1, -0.05) is 6.08 Å². The first-order valence-electron chi connectivity index (χ1n) is 4.44. The minimum Gasteiger partial charge on any atom is -0.303 e. The van der Waals surface area contributed by atoms with Gasteiger partial charge in [-0.2, -0.15) is 0 Å². The molecule has 3 heteroatoms. The van der Waals surface area contributed by atoms with Crippen molar-refractivity contribution in [3.8, 4) is 0 Å². The van der Waals surface area contributed by atoms with Crippen LogP contribution in [0.1, 0.15) is 19.8 Å². The Kier molecular flexibility index (Phi) is 2.98. The molecule has 0 bridgehead atoms. The fraction of sp³-hybridized carbons (Fsp3) is 0.600. The third-order valence-electron chi connectivity index (χ3n) is 2.37. The summed E-state index contributed by atoms with van der Waals surface area (Å²) in [7, 11) is 3.91. The molecule has 0 saturated heterocycles. The quantitative estimate of drug-likeness (QED) is 0.591. The monoisotopic (exact) mass is 181 g/mol. The van der Waals surface area contributed by atoms with Gasteiger partial charge in [0.1, 0.15) is 0 Å². The van der Waals surface area contributed by atoms with Crippen LogP contribution in [0.15, 0.2) is 11.6 Å². The molecular weight excluding hydrogens is 166 g/mol. The molecule has 1 rings (SSSR count). The fourth-order valence-corrected chi connectivity index (χ4v) is 1.50. The second-order valence-electron chi connectivity index (χ2n) is 3.63. The summed E-state index contributed by atoms with van der Waals surface area (Å²) in [6.45, 7) is 1.45. The number of carbonyl (C=O) groups excluding carboxylic acids is 2. The lowest BCUT2D eigenvalue weighted by atomic mass is 9.92. The Morgan fingerprint density at radius 3 is 2.62 bits per heavy atom. The molecule has 0 radical (unpaired) electrons. The van der Waals surface area contributed by atoms with Crippen molar-refractivity contribution in [2.24, 2.45) is 0 Å². The van der Waals surface area contributed by atoms with Gasteiger partial charge >= 0.3 is 0 Å². The SMILES string of the molecule is CC(=O)C1=CC(N(C)C)CCC1=O. The molecule has 0 aromatic carbocycles. The number of nitrogens with zero attached hydrogens (tertiary/aromatic N) is 1.